The van der Waals surface area contributed by atoms with Crippen molar-refractivity contribution >= 4 is 32.9 Å². The van der Waals surface area contributed by atoms with Gasteiger partial charge in [0.25, 0.3) is 0 Å². The van der Waals surface area contributed by atoms with Gasteiger partial charge in [0, 0.05) is 39.9 Å². The number of aromatic nitrogens is 4. The lowest BCUT2D eigenvalue weighted by molar-refractivity contribution is 0.0695. The van der Waals surface area contributed by atoms with E-state index in [4.69, 9.17) is 0 Å². The van der Waals surface area contributed by atoms with Crippen LogP contribution in [0, 0.1) is 0 Å². The van der Waals surface area contributed by atoms with Crippen molar-refractivity contribution in [1.82, 2.24) is 19.7 Å². The van der Waals surface area contributed by atoms with E-state index in [1.165, 1.54) is 0 Å². The highest BCUT2D eigenvalue weighted by Crippen LogP contribution is 2.36. The molecule has 0 aliphatic carbocycles. The second kappa shape index (κ2) is 6.32. The van der Waals surface area contributed by atoms with E-state index in [1.54, 1.807) is 23.3 Å². The van der Waals surface area contributed by atoms with Crippen LogP contribution >= 0.6 is 15.9 Å². The number of hydrogen-bond donors (Lipinski definition) is 1. The lowest BCUT2D eigenvalue weighted by Gasteiger charge is -2.15. The molecule has 24 heavy (non-hydrogen) atoms. The molecule has 6 nitrogen and oxygen atoms in total. The lowest BCUT2D eigenvalue weighted by atomic mass is 9.93. The summed E-state index contributed by atoms with van der Waals surface area (Å²) in [6.07, 6.45) is 5.01. The van der Waals surface area contributed by atoms with Crippen LogP contribution < -0.4 is 0 Å². The standard InChI is InChI=1S/C17H17BrN4O2/c1-4-22-16-12(8-20-22)13(10-5-11(18)7-19-6-10)14(17(23)24)15(21-16)9(2)3/h5-9H,4H2,1-3H3,(H,23,24). The third-order valence-corrected chi connectivity index (χ3v) is 4.30. The van der Waals surface area contributed by atoms with Crippen LogP contribution in [0.15, 0.2) is 29.1 Å². The first-order chi connectivity index (χ1) is 11.4. The Morgan fingerprint density at radius 3 is 2.67 bits per heavy atom. The van der Waals surface area contributed by atoms with E-state index >= 15 is 0 Å². The summed E-state index contributed by atoms with van der Waals surface area (Å²) >= 11 is 3.41. The number of pyridine rings is 2. The molecule has 0 atom stereocenters. The van der Waals surface area contributed by atoms with Crippen molar-refractivity contribution in [2.75, 3.05) is 0 Å². The quantitative estimate of drug-likeness (QED) is 0.727. The number of hydrogen-bond acceptors (Lipinski definition) is 4. The summed E-state index contributed by atoms with van der Waals surface area (Å²) < 4.78 is 2.57. The molecule has 124 valence electrons. The molecule has 0 saturated carbocycles. The second-order valence-corrected chi connectivity index (χ2v) is 6.71. The van der Waals surface area contributed by atoms with E-state index in [-0.39, 0.29) is 11.5 Å². The molecule has 0 aromatic carbocycles. The first-order valence-electron chi connectivity index (χ1n) is 7.67. The van der Waals surface area contributed by atoms with E-state index < -0.39 is 5.97 Å². The van der Waals surface area contributed by atoms with Gasteiger partial charge < -0.3 is 5.11 Å². The molecule has 0 spiro atoms. The Hall–Kier alpha value is -2.28. The molecule has 3 aromatic rings. The highest BCUT2D eigenvalue weighted by atomic mass is 79.9. The van der Waals surface area contributed by atoms with Crippen LogP contribution in [0.3, 0.4) is 0 Å². The van der Waals surface area contributed by atoms with Crippen molar-refractivity contribution in [3.63, 3.8) is 0 Å². The van der Waals surface area contributed by atoms with Crippen LogP contribution in [0.1, 0.15) is 42.7 Å². The van der Waals surface area contributed by atoms with Crippen LogP contribution in [0.25, 0.3) is 22.2 Å². The molecule has 0 saturated heterocycles. The number of nitrogens with zero attached hydrogens (tertiary/aromatic N) is 4. The van der Waals surface area contributed by atoms with Crippen molar-refractivity contribution in [2.45, 2.75) is 33.2 Å². The third kappa shape index (κ3) is 2.69. The van der Waals surface area contributed by atoms with E-state index in [9.17, 15) is 9.90 Å². The van der Waals surface area contributed by atoms with E-state index in [1.807, 2.05) is 26.8 Å². The van der Waals surface area contributed by atoms with Gasteiger partial charge in [0.15, 0.2) is 5.65 Å². The Labute approximate surface area is 147 Å². The smallest absolute Gasteiger partial charge is 0.338 e. The summed E-state index contributed by atoms with van der Waals surface area (Å²) in [5, 5.41) is 14.9. The first-order valence-corrected chi connectivity index (χ1v) is 8.47. The molecular weight excluding hydrogens is 372 g/mol. The maximum atomic E-state index is 12.0. The Morgan fingerprint density at radius 2 is 2.08 bits per heavy atom. The zero-order valence-electron chi connectivity index (χ0n) is 13.6. The number of carboxylic acids is 1. The van der Waals surface area contributed by atoms with Gasteiger partial charge in [-0.25, -0.2) is 14.5 Å². The van der Waals surface area contributed by atoms with Gasteiger partial charge in [-0.1, -0.05) is 13.8 Å². The fraction of sp³-hybridized carbons (Fsp3) is 0.294. The van der Waals surface area contributed by atoms with Gasteiger partial charge in [0.2, 0.25) is 0 Å². The molecule has 3 heterocycles. The molecule has 0 aliphatic rings. The third-order valence-electron chi connectivity index (χ3n) is 3.87. The van der Waals surface area contributed by atoms with Crippen molar-refractivity contribution in [2.24, 2.45) is 0 Å². The molecular formula is C17H17BrN4O2. The Balaban J connectivity index is 2.49. The summed E-state index contributed by atoms with van der Waals surface area (Å²) in [6, 6.07) is 1.86. The summed E-state index contributed by atoms with van der Waals surface area (Å²) in [5.74, 6) is -1.02. The maximum absolute atomic E-state index is 12.0. The fourth-order valence-corrected chi connectivity index (χ4v) is 3.18. The van der Waals surface area contributed by atoms with Crippen LogP contribution in [-0.2, 0) is 6.54 Å². The van der Waals surface area contributed by atoms with Crippen molar-refractivity contribution in [3.05, 3.63) is 40.4 Å². The summed E-state index contributed by atoms with van der Waals surface area (Å²) in [7, 11) is 0. The monoisotopic (exact) mass is 388 g/mol. The van der Waals surface area contributed by atoms with E-state index in [0.29, 0.717) is 23.4 Å². The van der Waals surface area contributed by atoms with Crippen molar-refractivity contribution < 1.29 is 9.90 Å². The second-order valence-electron chi connectivity index (χ2n) is 5.80. The van der Waals surface area contributed by atoms with Gasteiger partial charge >= 0.3 is 5.97 Å². The van der Waals surface area contributed by atoms with Gasteiger partial charge in [-0.2, -0.15) is 5.10 Å². The molecule has 1 N–H and O–H groups in total. The molecule has 0 bridgehead atoms. The Morgan fingerprint density at radius 1 is 1.33 bits per heavy atom. The first kappa shape index (κ1) is 16.6. The highest BCUT2D eigenvalue weighted by Gasteiger charge is 2.25. The summed E-state index contributed by atoms with van der Waals surface area (Å²) in [4.78, 5) is 20.8. The number of carbonyl (C=O) groups is 1. The summed E-state index contributed by atoms with van der Waals surface area (Å²) in [6.45, 7) is 6.53. The number of rotatable bonds is 4. The number of fused-ring (bicyclic) bond motifs is 1. The molecule has 0 unspecified atom stereocenters. The van der Waals surface area contributed by atoms with Gasteiger partial charge in [-0.15, -0.1) is 0 Å². The SMILES string of the molecule is CCn1ncc2c(-c3cncc(Br)c3)c(C(=O)O)c(C(C)C)nc21. The topological polar surface area (TPSA) is 80.9 Å². The minimum absolute atomic E-state index is 0.0282. The molecule has 0 fully saturated rings. The maximum Gasteiger partial charge on any atom is 0.338 e. The molecule has 3 aromatic heterocycles. The highest BCUT2D eigenvalue weighted by molar-refractivity contribution is 9.10. The molecule has 0 amide bonds. The van der Waals surface area contributed by atoms with Gasteiger partial charge in [0.05, 0.1) is 17.5 Å². The Bertz CT molecular complexity index is 934. The number of halogens is 1. The number of aryl methyl sites for hydroxylation is 1. The van der Waals surface area contributed by atoms with Crippen molar-refractivity contribution in [3.8, 4) is 11.1 Å². The van der Waals surface area contributed by atoms with Crippen LogP contribution in [0.4, 0.5) is 0 Å². The minimum atomic E-state index is -0.993. The van der Waals surface area contributed by atoms with E-state index in [2.05, 4.69) is 31.0 Å². The predicted octanol–water partition coefficient (Wildman–Crippen LogP) is 4.10. The van der Waals surface area contributed by atoms with Crippen LogP contribution in [-0.4, -0.2) is 30.8 Å². The van der Waals surface area contributed by atoms with Crippen LogP contribution in [0.2, 0.25) is 0 Å². The fourth-order valence-electron chi connectivity index (χ4n) is 2.82. The predicted molar refractivity (Wildman–Crippen MR) is 95.2 cm³/mol. The number of carboxylic acid groups (broad SMARTS) is 1. The van der Waals surface area contributed by atoms with Crippen molar-refractivity contribution in [1.29, 1.82) is 0 Å². The summed E-state index contributed by atoms with van der Waals surface area (Å²) in [5.41, 5.74) is 2.81. The van der Waals surface area contributed by atoms with Gasteiger partial charge in [0.1, 0.15) is 0 Å². The largest absolute Gasteiger partial charge is 0.478 e. The zero-order chi connectivity index (χ0) is 17.4. The zero-order valence-corrected chi connectivity index (χ0v) is 15.2. The molecule has 0 radical (unpaired) electrons. The minimum Gasteiger partial charge on any atom is -0.478 e. The molecule has 3 rings (SSSR count). The van der Waals surface area contributed by atoms with Gasteiger partial charge in [-0.05, 0) is 34.8 Å². The molecule has 7 heteroatoms. The normalized spacial score (nSPS) is 11.4. The van der Waals surface area contributed by atoms with E-state index in [0.717, 1.165) is 15.4 Å². The lowest BCUT2D eigenvalue weighted by Crippen LogP contribution is -2.11. The average Bonchev–Trinajstić information content (AvgIpc) is 2.95. The van der Waals surface area contributed by atoms with Crippen LogP contribution in [0.5, 0.6) is 0 Å². The Kier molecular flexibility index (Phi) is 4.36. The number of aromatic carboxylic acids is 1. The molecule has 0 aliphatic heterocycles. The van der Waals surface area contributed by atoms with Gasteiger partial charge in [-0.3, -0.25) is 4.98 Å². The average molecular weight is 389 g/mol.